The van der Waals surface area contributed by atoms with Crippen LogP contribution in [0.25, 0.3) is 0 Å². The summed E-state index contributed by atoms with van der Waals surface area (Å²) >= 11 is 3.82. The molecule has 1 heterocycles. The Balaban J connectivity index is 2.64. The van der Waals surface area contributed by atoms with E-state index in [0.717, 1.165) is 8.45 Å². The first kappa shape index (κ1) is 13.0. The van der Waals surface area contributed by atoms with Crippen molar-refractivity contribution in [2.45, 2.75) is 33.7 Å². The quantitative estimate of drug-likeness (QED) is 0.822. The molecule has 0 saturated heterocycles. The van der Waals surface area contributed by atoms with E-state index >= 15 is 0 Å². The Morgan fingerprint density at radius 1 is 1.53 bits per heavy atom. The van der Waals surface area contributed by atoms with Gasteiger partial charge < -0.3 is 5.32 Å². The summed E-state index contributed by atoms with van der Waals surface area (Å²) in [6.45, 7) is 8.40. The molecule has 1 amide bonds. The van der Waals surface area contributed by atoms with Crippen LogP contribution in [-0.4, -0.2) is 11.9 Å². The molecule has 0 aliphatic heterocycles. The highest BCUT2D eigenvalue weighted by atomic mass is 127. The van der Waals surface area contributed by atoms with Crippen LogP contribution in [0.2, 0.25) is 0 Å². The molecular weight excluding hydrogens is 321 g/mol. The normalized spacial score (nSPS) is 13.7. The van der Waals surface area contributed by atoms with Gasteiger partial charge in [0.25, 0.3) is 5.91 Å². The lowest BCUT2D eigenvalue weighted by molar-refractivity contribution is 0.0910. The SMILES string of the molecule is CC(NC(=O)c1csc(I)c1)C(C)(C)C. The summed E-state index contributed by atoms with van der Waals surface area (Å²) in [5.41, 5.74) is 0.860. The lowest BCUT2D eigenvalue weighted by Gasteiger charge is -2.27. The Morgan fingerprint density at radius 2 is 2.13 bits per heavy atom. The molecule has 0 saturated carbocycles. The summed E-state index contributed by atoms with van der Waals surface area (Å²) in [5, 5.41) is 4.91. The van der Waals surface area contributed by atoms with Crippen molar-refractivity contribution in [1.82, 2.24) is 5.32 Å². The van der Waals surface area contributed by atoms with Gasteiger partial charge in [0.05, 0.1) is 8.45 Å². The number of carbonyl (C=O) groups excluding carboxylic acids is 1. The number of carbonyl (C=O) groups is 1. The van der Waals surface area contributed by atoms with Crippen molar-refractivity contribution in [1.29, 1.82) is 0 Å². The topological polar surface area (TPSA) is 29.1 Å². The molecule has 0 aliphatic rings. The van der Waals surface area contributed by atoms with Gasteiger partial charge in [0.15, 0.2) is 0 Å². The maximum Gasteiger partial charge on any atom is 0.252 e. The fraction of sp³-hybridized carbons (Fsp3) is 0.545. The Morgan fingerprint density at radius 3 is 2.53 bits per heavy atom. The molecule has 1 aromatic heterocycles. The lowest BCUT2D eigenvalue weighted by Crippen LogP contribution is -2.41. The fourth-order valence-corrected chi connectivity index (χ4v) is 2.25. The van der Waals surface area contributed by atoms with Crippen LogP contribution in [0.1, 0.15) is 38.1 Å². The molecule has 0 radical (unpaired) electrons. The monoisotopic (exact) mass is 337 g/mol. The maximum absolute atomic E-state index is 11.8. The van der Waals surface area contributed by atoms with Gasteiger partial charge in [0.1, 0.15) is 0 Å². The zero-order chi connectivity index (χ0) is 11.6. The number of thiophene rings is 1. The Hall–Kier alpha value is -0.100. The van der Waals surface area contributed by atoms with Gasteiger partial charge in [-0.3, -0.25) is 4.79 Å². The second kappa shape index (κ2) is 4.82. The van der Waals surface area contributed by atoms with Crippen molar-refractivity contribution in [2.24, 2.45) is 5.41 Å². The Kier molecular flexibility index (Phi) is 4.17. The van der Waals surface area contributed by atoms with E-state index in [1.54, 1.807) is 11.3 Å². The number of hydrogen-bond donors (Lipinski definition) is 1. The zero-order valence-electron chi connectivity index (χ0n) is 9.43. The van der Waals surface area contributed by atoms with Crippen molar-refractivity contribution in [2.75, 3.05) is 0 Å². The van der Waals surface area contributed by atoms with Crippen LogP contribution in [0.5, 0.6) is 0 Å². The number of amides is 1. The Labute approximate surface area is 109 Å². The van der Waals surface area contributed by atoms with Crippen molar-refractivity contribution < 1.29 is 4.79 Å². The van der Waals surface area contributed by atoms with Gasteiger partial charge in [-0.1, -0.05) is 20.8 Å². The van der Waals surface area contributed by atoms with Crippen molar-refractivity contribution in [3.63, 3.8) is 0 Å². The van der Waals surface area contributed by atoms with E-state index in [1.807, 2.05) is 18.4 Å². The highest BCUT2D eigenvalue weighted by Gasteiger charge is 2.22. The molecule has 1 N–H and O–H groups in total. The third kappa shape index (κ3) is 3.75. The molecule has 1 aromatic rings. The summed E-state index contributed by atoms with van der Waals surface area (Å²) in [4.78, 5) is 11.8. The largest absolute Gasteiger partial charge is 0.349 e. The van der Waals surface area contributed by atoms with Gasteiger partial charge in [0, 0.05) is 11.4 Å². The number of nitrogens with one attached hydrogen (secondary N) is 1. The van der Waals surface area contributed by atoms with E-state index in [2.05, 4.69) is 48.7 Å². The van der Waals surface area contributed by atoms with Crippen LogP contribution in [0, 0.1) is 8.30 Å². The molecule has 1 atom stereocenters. The van der Waals surface area contributed by atoms with E-state index in [1.165, 1.54) is 0 Å². The first-order chi connectivity index (χ1) is 6.80. The number of halogens is 1. The Bertz CT molecular complexity index is 354. The molecule has 0 aromatic carbocycles. The molecule has 15 heavy (non-hydrogen) atoms. The summed E-state index contributed by atoms with van der Waals surface area (Å²) < 4.78 is 1.14. The standard InChI is InChI=1S/C11H16INOS/c1-7(11(2,3)4)13-10(14)8-5-9(12)15-6-8/h5-7H,1-4H3,(H,13,14). The van der Waals surface area contributed by atoms with Gasteiger partial charge >= 0.3 is 0 Å². The molecule has 0 spiro atoms. The molecule has 0 fully saturated rings. The summed E-state index contributed by atoms with van der Waals surface area (Å²) in [5.74, 6) is 0.0246. The molecule has 0 aliphatic carbocycles. The van der Waals surface area contributed by atoms with Crippen molar-refractivity contribution >= 4 is 39.8 Å². The predicted octanol–water partition coefficient (Wildman–Crippen LogP) is 3.52. The smallest absolute Gasteiger partial charge is 0.252 e. The highest BCUT2D eigenvalue weighted by Crippen LogP contribution is 2.20. The molecular formula is C11H16INOS. The molecule has 1 rings (SSSR count). The van der Waals surface area contributed by atoms with Gasteiger partial charge in [0.2, 0.25) is 0 Å². The highest BCUT2D eigenvalue weighted by molar-refractivity contribution is 14.1. The van der Waals surface area contributed by atoms with Crippen LogP contribution in [0.4, 0.5) is 0 Å². The van der Waals surface area contributed by atoms with Crippen LogP contribution < -0.4 is 5.32 Å². The van der Waals surface area contributed by atoms with E-state index in [0.29, 0.717) is 0 Å². The van der Waals surface area contributed by atoms with Gasteiger partial charge in [-0.05, 0) is 41.0 Å². The molecule has 84 valence electrons. The first-order valence-corrected chi connectivity index (χ1v) is 6.81. The molecule has 2 nitrogen and oxygen atoms in total. The second-order valence-corrected chi connectivity index (χ2v) is 7.51. The average Bonchev–Trinajstić information content (AvgIpc) is 2.50. The number of rotatable bonds is 2. The minimum atomic E-state index is 0.0246. The maximum atomic E-state index is 11.8. The zero-order valence-corrected chi connectivity index (χ0v) is 12.4. The van der Waals surface area contributed by atoms with Gasteiger partial charge in [-0.25, -0.2) is 0 Å². The molecule has 0 bridgehead atoms. The first-order valence-electron chi connectivity index (χ1n) is 4.85. The minimum absolute atomic E-state index is 0.0246. The van der Waals surface area contributed by atoms with E-state index < -0.39 is 0 Å². The summed E-state index contributed by atoms with van der Waals surface area (Å²) in [6.07, 6.45) is 0. The fourth-order valence-electron chi connectivity index (χ4n) is 0.926. The van der Waals surface area contributed by atoms with Crippen molar-refractivity contribution in [3.05, 3.63) is 19.9 Å². The van der Waals surface area contributed by atoms with Crippen LogP contribution in [0.3, 0.4) is 0 Å². The summed E-state index contributed by atoms with van der Waals surface area (Å²) in [6, 6.07) is 2.08. The second-order valence-electron chi connectivity index (χ2n) is 4.70. The molecule has 1 unspecified atom stereocenters. The summed E-state index contributed by atoms with van der Waals surface area (Å²) in [7, 11) is 0. The van der Waals surface area contributed by atoms with Crippen molar-refractivity contribution in [3.8, 4) is 0 Å². The third-order valence-corrected chi connectivity index (χ3v) is 4.27. The van der Waals surface area contributed by atoms with Crippen LogP contribution >= 0.6 is 33.9 Å². The van der Waals surface area contributed by atoms with Crippen LogP contribution in [0.15, 0.2) is 11.4 Å². The van der Waals surface area contributed by atoms with E-state index in [4.69, 9.17) is 0 Å². The molecule has 4 heteroatoms. The average molecular weight is 337 g/mol. The lowest BCUT2D eigenvalue weighted by atomic mass is 9.88. The predicted molar refractivity (Wildman–Crippen MR) is 73.4 cm³/mol. The number of hydrogen-bond acceptors (Lipinski definition) is 2. The third-order valence-electron chi connectivity index (χ3n) is 2.48. The van der Waals surface area contributed by atoms with Crippen LogP contribution in [-0.2, 0) is 0 Å². The minimum Gasteiger partial charge on any atom is -0.349 e. The van der Waals surface area contributed by atoms with Gasteiger partial charge in [-0.15, -0.1) is 11.3 Å². The van der Waals surface area contributed by atoms with Gasteiger partial charge in [-0.2, -0.15) is 0 Å². The van der Waals surface area contributed by atoms with E-state index in [9.17, 15) is 4.79 Å². The van der Waals surface area contributed by atoms with E-state index in [-0.39, 0.29) is 17.4 Å².